The number of anilines is 1. The van der Waals surface area contributed by atoms with E-state index in [-0.39, 0.29) is 36.3 Å². The number of alkyl halides is 2. The highest BCUT2D eigenvalue weighted by Gasteiger charge is 2.49. The Morgan fingerprint density at radius 3 is 2.36 bits per heavy atom. The van der Waals surface area contributed by atoms with Crippen LogP contribution in [0.4, 0.5) is 19.1 Å². The maximum atomic E-state index is 13.8. The predicted octanol–water partition coefficient (Wildman–Crippen LogP) is 1.73. The second-order valence-corrected chi connectivity index (χ2v) is 7.02. The first-order valence-electron chi connectivity index (χ1n) is 8.39. The molecule has 2 heterocycles. The molecule has 1 saturated heterocycles. The monoisotopic (exact) mass is 358 g/mol. The molecule has 1 saturated carbocycles. The summed E-state index contributed by atoms with van der Waals surface area (Å²) in [4.78, 5) is 33.9. The minimum absolute atomic E-state index is 0.106. The fraction of sp³-hybridized carbons (Fsp3) is 0.688. The molecule has 1 amide bonds. The fourth-order valence-electron chi connectivity index (χ4n) is 3.23. The summed E-state index contributed by atoms with van der Waals surface area (Å²) in [5.74, 6) is -4.39. The molecule has 2 aliphatic rings. The molecule has 25 heavy (non-hydrogen) atoms. The largest absolute Gasteiger partial charge is 0.339 e. The van der Waals surface area contributed by atoms with Gasteiger partial charge in [0.15, 0.2) is 0 Å². The van der Waals surface area contributed by atoms with Gasteiger partial charge >= 0.3 is 0 Å². The van der Waals surface area contributed by atoms with E-state index in [1.165, 1.54) is 0 Å². The van der Waals surface area contributed by atoms with Gasteiger partial charge < -0.3 is 9.80 Å². The van der Waals surface area contributed by atoms with Crippen LogP contribution in [0.1, 0.15) is 38.3 Å². The van der Waals surface area contributed by atoms with Crippen molar-refractivity contribution in [1.29, 1.82) is 0 Å². The van der Waals surface area contributed by atoms with E-state index in [2.05, 4.69) is 9.97 Å². The van der Waals surface area contributed by atoms with Gasteiger partial charge in [0.2, 0.25) is 23.6 Å². The van der Waals surface area contributed by atoms with Crippen molar-refractivity contribution in [1.82, 2.24) is 14.9 Å². The molecule has 1 N–H and O–H groups in total. The van der Waals surface area contributed by atoms with E-state index in [0.717, 1.165) is 0 Å². The van der Waals surface area contributed by atoms with E-state index in [1.807, 2.05) is 0 Å². The molecule has 2 fully saturated rings. The van der Waals surface area contributed by atoms with Crippen LogP contribution in [0, 0.1) is 11.7 Å². The van der Waals surface area contributed by atoms with Gasteiger partial charge in [0, 0.05) is 44.9 Å². The molecule has 0 unspecified atom stereocenters. The van der Waals surface area contributed by atoms with Gasteiger partial charge in [0.25, 0.3) is 5.56 Å². The fourth-order valence-corrected chi connectivity index (χ4v) is 3.23. The SMILES string of the molecule is CC(C)c1nc(N2CCN(C(=O)C3CC(F)(F)C3)CC2)[nH]c(=O)c1F. The van der Waals surface area contributed by atoms with Crippen LogP contribution in [0.5, 0.6) is 0 Å². The summed E-state index contributed by atoms with van der Waals surface area (Å²) >= 11 is 0. The van der Waals surface area contributed by atoms with E-state index in [4.69, 9.17) is 0 Å². The Morgan fingerprint density at radius 2 is 1.84 bits per heavy atom. The summed E-state index contributed by atoms with van der Waals surface area (Å²) < 4.78 is 39.7. The van der Waals surface area contributed by atoms with E-state index in [0.29, 0.717) is 26.2 Å². The first-order chi connectivity index (χ1) is 11.7. The molecular formula is C16H21F3N4O2. The molecule has 6 nitrogen and oxygen atoms in total. The molecule has 0 atom stereocenters. The Labute approximate surface area is 143 Å². The third kappa shape index (κ3) is 3.50. The van der Waals surface area contributed by atoms with E-state index in [1.54, 1.807) is 23.6 Å². The number of aromatic nitrogens is 2. The Kier molecular flexibility index (Phi) is 4.51. The number of hydrogen-bond acceptors (Lipinski definition) is 4. The molecule has 138 valence electrons. The van der Waals surface area contributed by atoms with Crippen LogP contribution in [0.2, 0.25) is 0 Å². The lowest BCUT2D eigenvalue weighted by Crippen LogP contribution is -2.54. The number of hydrogen-bond donors (Lipinski definition) is 1. The average molecular weight is 358 g/mol. The highest BCUT2D eigenvalue weighted by molar-refractivity contribution is 5.80. The molecule has 1 aliphatic carbocycles. The minimum atomic E-state index is -2.72. The molecule has 1 aliphatic heterocycles. The topological polar surface area (TPSA) is 69.3 Å². The standard InChI is InChI=1S/C16H21F3N4O2/c1-9(2)12-11(17)13(24)21-15(20-12)23-5-3-22(4-6-23)14(25)10-7-16(18,19)8-10/h9-10H,3-8H2,1-2H3,(H,20,21,24). The van der Waals surface area contributed by atoms with Crippen molar-refractivity contribution < 1.29 is 18.0 Å². The summed E-state index contributed by atoms with van der Waals surface area (Å²) in [5, 5.41) is 0. The lowest BCUT2D eigenvalue weighted by Gasteiger charge is -2.40. The van der Waals surface area contributed by atoms with Gasteiger partial charge in [-0.1, -0.05) is 13.8 Å². The highest BCUT2D eigenvalue weighted by atomic mass is 19.3. The normalized spacial score (nSPS) is 20.7. The van der Waals surface area contributed by atoms with Crippen molar-refractivity contribution in [3.63, 3.8) is 0 Å². The van der Waals surface area contributed by atoms with Crippen LogP contribution in [-0.4, -0.2) is 52.9 Å². The smallest absolute Gasteiger partial charge is 0.288 e. The van der Waals surface area contributed by atoms with Gasteiger partial charge in [-0.05, 0) is 5.92 Å². The van der Waals surface area contributed by atoms with Gasteiger partial charge in [-0.25, -0.2) is 13.8 Å². The molecule has 0 bridgehead atoms. The molecule has 1 aromatic rings. The average Bonchev–Trinajstić information content (AvgIpc) is 2.54. The zero-order valence-corrected chi connectivity index (χ0v) is 14.2. The number of carbonyl (C=O) groups is 1. The van der Waals surface area contributed by atoms with Crippen molar-refractivity contribution in [3.05, 3.63) is 21.9 Å². The lowest BCUT2D eigenvalue weighted by molar-refractivity contribution is -0.160. The Bertz CT molecular complexity index is 719. The third-order valence-electron chi connectivity index (χ3n) is 4.75. The van der Waals surface area contributed by atoms with Crippen molar-refractivity contribution in [3.8, 4) is 0 Å². The third-order valence-corrected chi connectivity index (χ3v) is 4.75. The maximum Gasteiger partial charge on any atom is 0.288 e. The van der Waals surface area contributed by atoms with Crippen molar-refractivity contribution in [2.24, 2.45) is 5.92 Å². The van der Waals surface area contributed by atoms with Gasteiger partial charge in [0.05, 0.1) is 5.69 Å². The van der Waals surface area contributed by atoms with Crippen LogP contribution < -0.4 is 10.5 Å². The zero-order chi connectivity index (χ0) is 18.4. The summed E-state index contributed by atoms with van der Waals surface area (Å²) in [6, 6.07) is 0. The first-order valence-corrected chi connectivity index (χ1v) is 8.39. The van der Waals surface area contributed by atoms with Gasteiger partial charge in [-0.2, -0.15) is 4.39 Å². The number of aromatic amines is 1. The number of nitrogens with one attached hydrogen (secondary N) is 1. The molecular weight excluding hydrogens is 337 g/mol. The van der Waals surface area contributed by atoms with E-state index >= 15 is 0 Å². The summed E-state index contributed by atoms with van der Waals surface area (Å²) in [6.07, 6.45) is -0.757. The Morgan fingerprint density at radius 1 is 1.24 bits per heavy atom. The van der Waals surface area contributed by atoms with Crippen LogP contribution in [0.15, 0.2) is 4.79 Å². The maximum absolute atomic E-state index is 13.8. The van der Waals surface area contributed by atoms with Gasteiger partial charge in [-0.15, -0.1) is 0 Å². The number of nitrogens with zero attached hydrogens (tertiary/aromatic N) is 3. The molecule has 9 heteroatoms. The first kappa shape index (κ1) is 17.8. The van der Waals surface area contributed by atoms with Crippen LogP contribution in [0.25, 0.3) is 0 Å². The number of H-pyrrole nitrogens is 1. The van der Waals surface area contributed by atoms with Gasteiger partial charge in [0.1, 0.15) is 0 Å². The summed E-state index contributed by atoms with van der Waals surface area (Å²) in [7, 11) is 0. The van der Waals surface area contributed by atoms with Crippen LogP contribution in [-0.2, 0) is 4.79 Å². The number of halogens is 3. The van der Waals surface area contributed by atoms with E-state index in [9.17, 15) is 22.8 Å². The predicted molar refractivity (Wildman–Crippen MR) is 85.4 cm³/mol. The molecule has 1 aromatic heterocycles. The number of carbonyl (C=O) groups excluding carboxylic acids is 1. The highest BCUT2D eigenvalue weighted by Crippen LogP contribution is 2.43. The summed E-state index contributed by atoms with van der Waals surface area (Å²) in [6.45, 7) is 5.03. The molecule has 0 aromatic carbocycles. The second-order valence-electron chi connectivity index (χ2n) is 7.02. The van der Waals surface area contributed by atoms with Crippen molar-refractivity contribution in [2.45, 2.75) is 38.5 Å². The molecule has 3 rings (SSSR count). The quantitative estimate of drug-likeness (QED) is 0.893. The lowest BCUT2D eigenvalue weighted by atomic mass is 9.80. The number of rotatable bonds is 3. The zero-order valence-electron chi connectivity index (χ0n) is 14.2. The minimum Gasteiger partial charge on any atom is -0.339 e. The number of piperazine rings is 1. The van der Waals surface area contributed by atoms with Crippen molar-refractivity contribution in [2.75, 3.05) is 31.1 Å². The van der Waals surface area contributed by atoms with Crippen LogP contribution in [0.3, 0.4) is 0 Å². The van der Waals surface area contributed by atoms with Crippen LogP contribution >= 0.6 is 0 Å². The molecule has 0 radical (unpaired) electrons. The second kappa shape index (κ2) is 6.34. The van der Waals surface area contributed by atoms with E-state index < -0.39 is 23.2 Å². The Balaban J connectivity index is 1.65. The summed E-state index contributed by atoms with van der Waals surface area (Å²) in [5.41, 5.74) is -0.710. The Hall–Kier alpha value is -2.06. The molecule has 0 spiro atoms. The van der Waals surface area contributed by atoms with Gasteiger partial charge in [-0.3, -0.25) is 14.6 Å². The van der Waals surface area contributed by atoms with Crippen molar-refractivity contribution >= 4 is 11.9 Å². The number of amides is 1.